The Balaban J connectivity index is 1.88. The molecule has 25 heavy (non-hydrogen) atoms. The first kappa shape index (κ1) is 18.6. The number of hydrogen-bond acceptors (Lipinski definition) is 4. The number of anilines is 1. The Morgan fingerprint density at radius 2 is 1.84 bits per heavy atom. The van der Waals surface area contributed by atoms with Crippen LogP contribution in [0.3, 0.4) is 0 Å². The second-order valence-corrected chi connectivity index (χ2v) is 5.64. The summed E-state index contributed by atoms with van der Waals surface area (Å²) in [5.74, 6) is 0. The third-order valence-electron chi connectivity index (χ3n) is 3.87. The van der Waals surface area contributed by atoms with Crippen molar-refractivity contribution < 1.29 is 4.79 Å². The van der Waals surface area contributed by atoms with Crippen molar-refractivity contribution in [3.63, 3.8) is 0 Å². The number of nitrogens with zero attached hydrogens (tertiary/aromatic N) is 3. The van der Waals surface area contributed by atoms with Gasteiger partial charge in [-0.2, -0.15) is 5.10 Å². The second-order valence-electron chi connectivity index (χ2n) is 5.64. The molecule has 1 heterocycles. The molecule has 0 unspecified atom stereocenters. The number of carbonyl (C=O) groups excluding carboxylic acids is 1. The number of amides is 2. The molecule has 0 saturated carbocycles. The third kappa shape index (κ3) is 6.00. The zero-order valence-corrected chi connectivity index (χ0v) is 15.0. The van der Waals surface area contributed by atoms with E-state index in [1.807, 2.05) is 42.5 Å². The minimum Gasteiger partial charge on any atom is -0.307 e. The van der Waals surface area contributed by atoms with Crippen molar-refractivity contribution in [2.75, 3.05) is 18.4 Å². The number of hydrazone groups is 1. The fourth-order valence-electron chi connectivity index (χ4n) is 2.33. The maximum absolute atomic E-state index is 11.9. The summed E-state index contributed by atoms with van der Waals surface area (Å²) in [7, 11) is 0. The van der Waals surface area contributed by atoms with Gasteiger partial charge in [0.1, 0.15) is 0 Å². The number of aromatic nitrogens is 1. The Kier molecular flexibility index (Phi) is 7.10. The molecule has 0 bridgehead atoms. The van der Waals surface area contributed by atoms with Gasteiger partial charge in [0.2, 0.25) is 0 Å². The molecule has 132 valence electrons. The van der Waals surface area contributed by atoms with Crippen LogP contribution in [0.4, 0.5) is 10.5 Å². The van der Waals surface area contributed by atoms with Gasteiger partial charge in [-0.3, -0.25) is 9.88 Å². The fourth-order valence-corrected chi connectivity index (χ4v) is 2.33. The van der Waals surface area contributed by atoms with Crippen LogP contribution in [0.2, 0.25) is 0 Å². The van der Waals surface area contributed by atoms with Crippen LogP contribution in [0.25, 0.3) is 0 Å². The molecule has 1 aromatic carbocycles. The number of carbonyl (C=O) groups is 1. The van der Waals surface area contributed by atoms with E-state index in [-0.39, 0.29) is 6.03 Å². The van der Waals surface area contributed by atoms with E-state index in [1.54, 1.807) is 13.1 Å². The van der Waals surface area contributed by atoms with Gasteiger partial charge in [0.05, 0.1) is 11.4 Å². The first-order valence-electron chi connectivity index (χ1n) is 8.46. The van der Waals surface area contributed by atoms with E-state index >= 15 is 0 Å². The molecule has 2 amide bonds. The summed E-state index contributed by atoms with van der Waals surface area (Å²) in [6.45, 7) is 9.05. The fraction of sp³-hybridized carbons (Fsp3) is 0.316. The molecule has 2 rings (SSSR count). The lowest BCUT2D eigenvalue weighted by molar-refractivity contribution is 0.252. The van der Waals surface area contributed by atoms with Gasteiger partial charge in [0.15, 0.2) is 0 Å². The number of hydrogen-bond donors (Lipinski definition) is 2. The Hall–Kier alpha value is -2.73. The molecule has 2 N–H and O–H groups in total. The van der Waals surface area contributed by atoms with E-state index in [1.165, 1.54) is 5.56 Å². The summed E-state index contributed by atoms with van der Waals surface area (Å²) in [4.78, 5) is 18.5. The van der Waals surface area contributed by atoms with Crippen molar-refractivity contribution >= 4 is 17.4 Å². The van der Waals surface area contributed by atoms with E-state index in [0.717, 1.165) is 31.0 Å². The van der Waals surface area contributed by atoms with Crippen LogP contribution >= 0.6 is 0 Å². The van der Waals surface area contributed by atoms with Crippen LogP contribution in [0.15, 0.2) is 53.8 Å². The van der Waals surface area contributed by atoms with Gasteiger partial charge in [-0.1, -0.05) is 32.0 Å². The summed E-state index contributed by atoms with van der Waals surface area (Å²) in [6.07, 6.45) is 1.69. The molecule has 6 heteroatoms. The molecule has 1 aromatic heterocycles. The Labute approximate surface area is 149 Å². The van der Waals surface area contributed by atoms with Crippen molar-refractivity contribution in [3.8, 4) is 0 Å². The lowest BCUT2D eigenvalue weighted by atomic mass is 10.2. The Morgan fingerprint density at radius 1 is 1.12 bits per heavy atom. The molecule has 0 aliphatic carbocycles. The smallest absolute Gasteiger partial charge is 0.307 e. The normalized spacial score (nSPS) is 11.4. The van der Waals surface area contributed by atoms with E-state index < -0.39 is 0 Å². The van der Waals surface area contributed by atoms with Crippen LogP contribution in [0, 0.1) is 0 Å². The Bertz CT molecular complexity index is 694. The van der Waals surface area contributed by atoms with Crippen LogP contribution in [-0.4, -0.2) is 34.7 Å². The molecule has 0 aliphatic heterocycles. The SMILES string of the molecule is CCN(CC)Cc1ccc(NC(=O)N/N=C(\C)c2ccccn2)cc1. The largest absolute Gasteiger partial charge is 0.339 e. The third-order valence-corrected chi connectivity index (χ3v) is 3.87. The molecular formula is C19H25N5O. The van der Waals surface area contributed by atoms with E-state index in [4.69, 9.17) is 0 Å². The summed E-state index contributed by atoms with van der Waals surface area (Å²) in [5.41, 5.74) is 5.80. The molecule has 0 saturated heterocycles. The van der Waals surface area contributed by atoms with Crippen LogP contribution in [0.5, 0.6) is 0 Å². The predicted molar refractivity (Wildman–Crippen MR) is 102 cm³/mol. The molecule has 0 atom stereocenters. The van der Waals surface area contributed by atoms with Crippen molar-refractivity contribution in [2.45, 2.75) is 27.3 Å². The zero-order chi connectivity index (χ0) is 18.1. The van der Waals surface area contributed by atoms with Gasteiger partial charge in [0, 0.05) is 18.4 Å². The zero-order valence-electron chi connectivity index (χ0n) is 15.0. The van der Waals surface area contributed by atoms with Gasteiger partial charge < -0.3 is 5.32 Å². The van der Waals surface area contributed by atoms with Crippen molar-refractivity contribution in [3.05, 3.63) is 59.9 Å². The maximum Gasteiger partial charge on any atom is 0.339 e. The number of rotatable bonds is 7. The summed E-state index contributed by atoms with van der Waals surface area (Å²) in [6, 6.07) is 13.0. The van der Waals surface area contributed by atoms with Crippen molar-refractivity contribution in [2.24, 2.45) is 5.10 Å². The van der Waals surface area contributed by atoms with Crippen LogP contribution in [0.1, 0.15) is 32.0 Å². The summed E-state index contributed by atoms with van der Waals surface area (Å²) < 4.78 is 0. The predicted octanol–water partition coefficient (Wildman–Crippen LogP) is 3.47. The highest BCUT2D eigenvalue weighted by molar-refractivity contribution is 5.98. The number of pyridine rings is 1. The number of nitrogens with one attached hydrogen (secondary N) is 2. The van der Waals surface area contributed by atoms with Gasteiger partial charge in [-0.15, -0.1) is 0 Å². The van der Waals surface area contributed by atoms with Crippen molar-refractivity contribution in [1.82, 2.24) is 15.3 Å². The molecular weight excluding hydrogens is 314 g/mol. The lowest BCUT2D eigenvalue weighted by Crippen LogP contribution is -2.25. The topological polar surface area (TPSA) is 69.6 Å². The average Bonchev–Trinajstić information content (AvgIpc) is 2.66. The average molecular weight is 339 g/mol. The first-order valence-corrected chi connectivity index (χ1v) is 8.46. The first-order chi connectivity index (χ1) is 12.1. The van der Waals surface area contributed by atoms with Gasteiger partial charge >= 0.3 is 6.03 Å². The lowest BCUT2D eigenvalue weighted by Gasteiger charge is -2.18. The quantitative estimate of drug-likeness (QED) is 0.599. The van der Waals surface area contributed by atoms with E-state index in [0.29, 0.717) is 5.71 Å². The molecule has 2 aromatic rings. The molecule has 0 spiro atoms. The Morgan fingerprint density at radius 3 is 2.44 bits per heavy atom. The summed E-state index contributed by atoms with van der Waals surface area (Å²) in [5, 5.41) is 6.82. The maximum atomic E-state index is 11.9. The highest BCUT2D eigenvalue weighted by Crippen LogP contribution is 2.11. The van der Waals surface area contributed by atoms with Crippen LogP contribution < -0.4 is 10.7 Å². The number of benzene rings is 1. The van der Waals surface area contributed by atoms with E-state index in [2.05, 4.69) is 39.6 Å². The van der Waals surface area contributed by atoms with E-state index in [9.17, 15) is 4.79 Å². The molecule has 6 nitrogen and oxygen atoms in total. The highest BCUT2D eigenvalue weighted by atomic mass is 16.2. The minimum atomic E-state index is -0.383. The molecule has 0 aliphatic rings. The molecule has 0 fully saturated rings. The van der Waals surface area contributed by atoms with Gasteiger partial charge in [-0.05, 0) is 49.8 Å². The second kappa shape index (κ2) is 9.54. The van der Waals surface area contributed by atoms with Crippen LogP contribution in [-0.2, 0) is 6.54 Å². The summed E-state index contributed by atoms with van der Waals surface area (Å²) >= 11 is 0. The van der Waals surface area contributed by atoms with Crippen molar-refractivity contribution in [1.29, 1.82) is 0 Å². The number of urea groups is 1. The minimum absolute atomic E-state index is 0.383. The van der Waals surface area contributed by atoms with Gasteiger partial charge in [0.25, 0.3) is 0 Å². The highest BCUT2D eigenvalue weighted by Gasteiger charge is 2.04. The molecule has 0 radical (unpaired) electrons. The standard InChI is InChI=1S/C19H25N5O/c1-4-24(5-2)14-16-9-11-17(12-10-16)21-19(25)23-22-15(3)18-8-6-7-13-20-18/h6-13H,4-5,14H2,1-3H3,(H2,21,23,25)/b22-15+. The monoisotopic (exact) mass is 339 g/mol. The van der Waals surface area contributed by atoms with Gasteiger partial charge in [-0.25, -0.2) is 10.2 Å².